The molecule has 132 valence electrons. The molecule has 1 saturated carbocycles. The fourth-order valence-corrected chi connectivity index (χ4v) is 3.91. The van der Waals surface area contributed by atoms with Gasteiger partial charge in [-0.3, -0.25) is 0 Å². The lowest BCUT2D eigenvalue weighted by Gasteiger charge is -2.34. The lowest BCUT2D eigenvalue weighted by Crippen LogP contribution is -2.41. The van der Waals surface area contributed by atoms with Crippen molar-refractivity contribution in [1.82, 2.24) is 9.88 Å². The third-order valence-electron chi connectivity index (χ3n) is 5.22. The third-order valence-corrected chi connectivity index (χ3v) is 5.22. The van der Waals surface area contributed by atoms with Gasteiger partial charge in [0.15, 0.2) is 0 Å². The molecule has 0 bridgehead atoms. The zero-order chi connectivity index (χ0) is 16.8. The van der Waals surface area contributed by atoms with Crippen LogP contribution in [0.15, 0.2) is 18.3 Å². The van der Waals surface area contributed by atoms with Crippen LogP contribution in [0.1, 0.15) is 55.8 Å². The Bertz CT molecular complexity index is 535. The smallest absolute Gasteiger partial charge is 0.341 e. The Morgan fingerprint density at radius 3 is 2.75 bits per heavy atom. The molecule has 0 radical (unpaired) electrons. The Morgan fingerprint density at radius 2 is 2.04 bits per heavy atom. The lowest BCUT2D eigenvalue weighted by atomic mass is 10.0. The Morgan fingerprint density at radius 1 is 1.29 bits per heavy atom. The number of likely N-dealkylation sites (tertiary alicyclic amines) is 1. The number of ether oxygens (including phenoxy) is 1. The highest BCUT2D eigenvalue weighted by Crippen LogP contribution is 2.27. The van der Waals surface area contributed by atoms with Crippen LogP contribution in [-0.2, 0) is 4.74 Å². The number of piperidine rings is 1. The predicted molar refractivity (Wildman–Crippen MR) is 95.2 cm³/mol. The van der Waals surface area contributed by atoms with Crippen LogP contribution in [0.3, 0.4) is 0 Å². The number of esters is 1. The molecule has 1 aliphatic heterocycles. The van der Waals surface area contributed by atoms with Crippen molar-refractivity contribution in [3.05, 3.63) is 23.9 Å². The summed E-state index contributed by atoms with van der Waals surface area (Å²) in [6, 6.07) is 3.94. The van der Waals surface area contributed by atoms with Crippen molar-refractivity contribution in [1.29, 1.82) is 0 Å². The average molecular weight is 331 g/mol. The van der Waals surface area contributed by atoms with Crippen molar-refractivity contribution >= 4 is 11.8 Å². The second-order valence-electron chi connectivity index (χ2n) is 6.99. The molecular formula is C19H29N3O2. The van der Waals surface area contributed by atoms with Crippen LogP contribution in [0.4, 0.5) is 5.82 Å². The second-order valence-corrected chi connectivity index (χ2v) is 6.99. The number of aromatic nitrogens is 1. The fourth-order valence-electron chi connectivity index (χ4n) is 3.91. The summed E-state index contributed by atoms with van der Waals surface area (Å²) < 4.78 is 5.12. The maximum absolute atomic E-state index is 12.0. The van der Waals surface area contributed by atoms with Gasteiger partial charge < -0.3 is 15.0 Å². The van der Waals surface area contributed by atoms with Crippen LogP contribution >= 0.6 is 0 Å². The first-order valence-electron chi connectivity index (χ1n) is 9.37. The summed E-state index contributed by atoms with van der Waals surface area (Å²) in [5.41, 5.74) is 0.535. The van der Waals surface area contributed by atoms with E-state index in [-0.39, 0.29) is 5.97 Å². The van der Waals surface area contributed by atoms with Crippen molar-refractivity contribution in [3.63, 3.8) is 0 Å². The number of hydrogen-bond acceptors (Lipinski definition) is 5. The van der Waals surface area contributed by atoms with E-state index in [0.717, 1.165) is 31.8 Å². The quantitative estimate of drug-likeness (QED) is 0.810. The van der Waals surface area contributed by atoms with E-state index < -0.39 is 0 Å². The highest BCUT2D eigenvalue weighted by Gasteiger charge is 2.24. The molecule has 1 aliphatic carbocycles. The van der Waals surface area contributed by atoms with E-state index in [1.807, 2.05) is 6.92 Å². The molecule has 0 unspecified atom stereocenters. The largest absolute Gasteiger partial charge is 0.462 e. The molecule has 2 aliphatic rings. The summed E-state index contributed by atoms with van der Waals surface area (Å²) in [5.74, 6) is 1.28. The third kappa shape index (κ3) is 4.47. The number of carbonyl (C=O) groups excluding carboxylic acids is 1. The van der Waals surface area contributed by atoms with Crippen LogP contribution in [-0.4, -0.2) is 48.1 Å². The highest BCUT2D eigenvalue weighted by molar-refractivity contribution is 5.94. The van der Waals surface area contributed by atoms with E-state index in [1.165, 1.54) is 32.2 Å². The molecule has 1 saturated heterocycles. The maximum atomic E-state index is 12.0. The second kappa shape index (κ2) is 8.47. The molecule has 1 aromatic rings. The fraction of sp³-hybridized carbons (Fsp3) is 0.684. The molecule has 5 nitrogen and oxygen atoms in total. The molecule has 24 heavy (non-hydrogen) atoms. The number of carbonyl (C=O) groups is 1. The molecular weight excluding hydrogens is 302 g/mol. The average Bonchev–Trinajstić information content (AvgIpc) is 3.10. The molecule has 1 N–H and O–H groups in total. The summed E-state index contributed by atoms with van der Waals surface area (Å²) in [4.78, 5) is 19.0. The standard InChI is InChI=1S/C19H29N3O2/c1-2-24-19(23)17-8-5-11-20-18(17)21-16-9-12-22(13-10-16)14-15-6-3-4-7-15/h5,8,11,15-16H,2-4,6-7,9-10,12-14H2,1H3,(H,20,21). The van der Waals surface area contributed by atoms with Crippen LogP contribution in [0, 0.1) is 5.92 Å². The van der Waals surface area contributed by atoms with Gasteiger partial charge in [0, 0.05) is 31.9 Å². The summed E-state index contributed by atoms with van der Waals surface area (Å²) in [5, 5.41) is 3.46. The Labute approximate surface area is 144 Å². The van der Waals surface area contributed by atoms with E-state index in [0.29, 0.717) is 24.0 Å². The number of nitrogens with one attached hydrogen (secondary N) is 1. The minimum Gasteiger partial charge on any atom is -0.462 e. The van der Waals surface area contributed by atoms with Gasteiger partial charge in [-0.15, -0.1) is 0 Å². The summed E-state index contributed by atoms with van der Waals surface area (Å²) in [7, 11) is 0. The van der Waals surface area contributed by atoms with Gasteiger partial charge in [-0.2, -0.15) is 0 Å². The summed E-state index contributed by atoms with van der Waals surface area (Å²) in [6.45, 7) is 5.74. The van der Waals surface area contributed by atoms with Gasteiger partial charge in [0.2, 0.25) is 0 Å². The first-order chi connectivity index (χ1) is 11.8. The molecule has 1 aromatic heterocycles. The molecule has 0 atom stereocenters. The lowest BCUT2D eigenvalue weighted by molar-refractivity contribution is 0.0527. The molecule has 2 heterocycles. The Hall–Kier alpha value is -1.62. The summed E-state index contributed by atoms with van der Waals surface area (Å²) in [6.07, 6.45) is 9.58. The Balaban J connectivity index is 1.51. The molecule has 0 aromatic carbocycles. The summed E-state index contributed by atoms with van der Waals surface area (Å²) >= 11 is 0. The molecule has 0 amide bonds. The molecule has 5 heteroatoms. The topological polar surface area (TPSA) is 54.5 Å². The van der Waals surface area contributed by atoms with Crippen molar-refractivity contribution in [2.24, 2.45) is 5.92 Å². The van der Waals surface area contributed by atoms with Crippen LogP contribution < -0.4 is 5.32 Å². The number of pyridine rings is 1. The van der Waals surface area contributed by atoms with E-state index in [1.54, 1.807) is 18.3 Å². The van der Waals surface area contributed by atoms with Crippen LogP contribution in [0.5, 0.6) is 0 Å². The maximum Gasteiger partial charge on any atom is 0.341 e. The minimum absolute atomic E-state index is 0.299. The first-order valence-corrected chi connectivity index (χ1v) is 9.37. The number of nitrogens with zero attached hydrogens (tertiary/aromatic N) is 2. The van der Waals surface area contributed by atoms with Gasteiger partial charge in [0.05, 0.1) is 6.61 Å². The van der Waals surface area contributed by atoms with E-state index in [9.17, 15) is 4.79 Å². The predicted octanol–water partition coefficient (Wildman–Crippen LogP) is 3.32. The number of rotatable bonds is 6. The zero-order valence-corrected chi connectivity index (χ0v) is 14.7. The van der Waals surface area contributed by atoms with Crippen molar-refractivity contribution in [2.45, 2.75) is 51.5 Å². The van der Waals surface area contributed by atoms with Gasteiger partial charge in [-0.05, 0) is 50.7 Å². The van der Waals surface area contributed by atoms with Crippen molar-refractivity contribution in [2.75, 3.05) is 31.6 Å². The van der Waals surface area contributed by atoms with Gasteiger partial charge in [0.1, 0.15) is 11.4 Å². The van der Waals surface area contributed by atoms with E-state index >= 15 is 0 Å². The Kier molecular flexibility index (Phi) is 6.07. The van der Waals surface area contributed by atoms with Crippen molar-refractivity contribution < 1.29 is 9.53 Å². The number of anilines is 1. The van der Waals surface area contributed by atoms with E-state index in [2.05, 4.69) is 15.2 Å². The SMILES string of the molecule is CCOC(=O)c1cccnc1NC1CCN(CC2CCCC2)CC1. The highest BCUT2D eigenvalue weighted by atomic mass is 16.5. The van der Waals surface area contributed by atoms with Crippen molar-refractivity contribution in [3.8, 4) is 0 Å². The van der Waals surface area contributed by atoms with Gasteiger partial charge in [-0.1, -0.05) is 12.8 Å². The first kappa shape index (κ1) is 17.2. The minimum atomic E-state index is -0.299. The molecule has 0 spiro atoms. The monoisotopic (exact) mass is 331 g/mol. The van der Waals surface area contributed by atoms with E-state index in [4.69, 9.17) is 4.74 Å². The number of hydrogen-bond donors (Lipinski definition) is 1. The molecule has 2 fully saturated rings. The normalized spacial score (nSPS) is 20.2. The van der Waals surface area contributed by atoms with Gasteiger partial charge in [0.25, 0.3) is 0 Å². The van der Waals surface area contributed by atoms with Crippen LogP contribution in [0.2, 0.25) is 0 Å². The zero-order valence-electron chi connectivity index (χ0n) is 14.7. The van der Waals surface area contributed by atoms with Gasteiger partial charge in [-0.25, -0.2) is 9.78 Å². The van der Waals surface area contributed by atoms with Crippen LogP contribution in [0.25, 0.3) is 0 Å². The molecule has 3 rings (SSSR count). The van der Waals surface area contributed by atoms with Gasteiger partial charge >= 0.3 is 5.97 Å².